The van der Waals surface area contributed by atoms with Crippen molar-refractivity contribution < 1.29 is 19.2 Å². The van der Waals surface area contributed by atoms with E-state index in [2.05, 4.69) is 36.8 Å². The molecule has 0 atom stereocenters. The Morgan fingerprint density at radius 3 is 1.93 bits per heavy atom. The zero-order valence-electron chi connectivity index (χ0n) is 22.4. The van der Waals surface area contributed by atoms with Gasteiger partial charge in [-0.3, -0.25) is 40.8 Å². The minimum absolute atomic E-state index is 0.124. The van der Waals surface area contributed by atoms with Crippen LogP contribution in [-0.2, 0) is 11.2 Å². The highest BCUT2D eigenvalue weighted by Gasteiger charge is 2.19. The van der Waals surface area contributed by atoms with E-state index in [9.17, 15) is 19.2 Å². The highest BCUT2D eigenvalue weighted by atomic mass is 32.2. The predicted molar refractivity (Wildman–Crippen MR) is 162 cm³/mol. The largest absolute Gasteiger partial charge is 0.298 e. The first kappa shape index (κ1) is 29.2. The number of hydrogen-bond donors (Lipinski definition) is 4. The van der Waals surface area contributed by atoms with E-state index in [-0.39, 0.29) is 23.2 Å². The molecule has 0 aliphatic heterocycles. The number of rotatable bonds is 10. The van der Waals surface area contributed by atoms with E-state index in [1.54, 1.807) is 90.3 Å². The minimum atomic E-state index is -0.488. The van der Waals surface area contributed by atoms with Crippen molar-refractivity contribution in [3.63, 3.8) is 0 Å². The molecule has 4 N–H and O–H groups in total. The first-order chi connectivity index (χ1) is 21.0. The molecule has 5 aromatic rings. The Hall–Kier alpha value is -5.34. The van der Waals surface area contributed by atoms with Gasteiger partial charge in [0.05, 0.1) is 17.9 Å². The van der Waals surface area contributed by atoms with Crippen molar-refractivity contribution >= 4 is 51.9 Å². The molecule has 5 rings (SSSR count). The number of hydrazine groups is 1. The molecule has 2 aromatic heterocycles. The van der Waals surface area contributed by atoms with Gasteiger partial charge in [0, 0.05) is 22.1 Å². The van der Waals surface area contributed by atoms with Crippen molar-refractivity contribution in [3.8, 4) is 0 Å². The standard InChI is InChI=1S/C29H24N8O4S2/c38-24(33-34-26(40)20-12-6-2-7-13-20)18-43-29-35-32-23(37(29)36-27(41)21-14-8-3-9-15-21)16-22-17-42-28(30-22)31-25(39)19-10-4-1-5-11-19/h1-15,17H,16,18H2,(H,33,38)(H,34,40)(H,36,41)(H,30,31,39). The number of benzene rings is 3. The lowest BCUT2D eigenvalue weighted by atomic mass is 10.2. The number of carbonyl (C=O) groups excluding carboxylic acids is 4. The number of hydrogen-bond acceptors (Lipinski definition) is 9. The molecular weight excluding hydrogens is 589 g/mol. The van der Waals surface area contributed by atoms with E-state index in [0.717, 1.165) is 11.8 Å². The zero-order chi connectivity index (χ0) is 30.0. The fraction of sp³-hybridized carbons (Fsp3) is 0.0690. The fourth-order valence-corrected chi connectivity index (χ4v) is 5.11. The second-order valence-electron chi connectivity index (χ2n) is 8.84. The normalized spacial score (nSPS) is 10.5. The average molecular weight is 613 g/mol. The second kappa shape index (κ2) is 14.0. The molecule has 0 saturated heterocycles. The number of nitrogens with one attached hydrogen (secondary N) is 4. The van der Waals surface area contributed by atoms with Gasteiger partial charge in [-0.15, -0.1) is 21.5 Å². The van der Waals surface area contributed by atoms with Crippen LogP contribution in [0.15, 0.2) is 102 Å². The van der Waals surface area contributed by atoms with E-state index >= 15 is 0 Å². The molecule has 43 heavy (non-hydrogen) atoms. The monoisotopic (exact) mass is 612 g/mol. The summed E-state index contributed by atoms with van der Waals surface area (Å²) in [5.41, 5.74) is 9.43. The SMILES string of the molecule is O=C(CSc1nnc(Cc2csc(NC(=O)c3ccccc3)n2)n1NC(=O)c1ccccc1)NNC(=O)c1ccccc1. The number of thiazole rings is 1. The summed E-state index contributed by atoms with van der Waals surface area (Å²) in [5.74, 6) is -1.40. The predicted octanol–water partition coefficient (Wildman–Crippen LogP) is 3.51. The van der Waals surface area contributed by atoms with Crippen LogP contribution in [0.4, 0.5) is 5.13 Å². The molecule has 0 saturated carbocycles. The molecule has 2 heterocycles. The molecule has 12 nitrogen and oxygen atoms in total. The van der Waals surface area contributed by atoms with Gasteiger partial charge in [-0.25, -0.2) is 9.66 Å². The quantitative estimate of drug-likeness (QED) is 0.138. The van der Waals surface area contributed by atoms with Crippen LogP contribution in [-0.4, -0.2) is 49.2 Å². The van der Waals surface area contributed by atoms with Gasteiger partial charge in [0.25, 0.3) is 17.7 Å². The van der Waals surface area contributed by atoms with Crippen LogP contribution in [0.1, 0.15) is 42.6 Å². The van der Waals surface area contributed by atoms with E-state index in [4.69, 9.17) is 0 Å². The van der Waals surface area contributed by atoms with Crippen LogP contribution in [0.3, 0.4) is 0 Å². The third-order valence-electron chi connectivity index (χ3n) is 5.78. The van der Waals surface area contributed by atoms with Crippen LogP contribution in [0.2, 0.25) is 0 Å². The van der Waals surface area contributed by atoms with E-state index in [0.29, 0.717) is 33.3 Å². The summed E-state index contributed by atoms with van der Waals surface area (Å²) in [6.07, 6.45) is 0.180. The van der Waals surface area contributed by atoms with Crippen LogP contribution in [0.25, 0.3) is 0 Å². The molecule has 3 aromatic carbocycles. The van der Waals surface area contributed by atoms with Gasteiger partial charge in [0.15, 0.2) is 11.0 Å². The van der Waals surface area contributed by atoms with E-state index in [1.165, 1.54) is 16.0 Å². The summed E-state index contributed by atoms with van der Waals surface area (Å²) >= 11 is 2.27. The molecule has 14 heteroatoms. The molecule has 0 spiro atoms. The average Bonchev–Trinajstić information content (AvgIpc) is 3.65. The van der Waals surface area contributed by atoms with Crippen molar-refractivity contribution in [2.24, 2.45) is 0 Å². The first-order valence-corrected chi connectivity index (χ1v) is 14.7. The number of amides is 4. The Balaban J connectivity index is 1.26. The third-order valence-corrected chi connectivity index (χ3v) is 7.52. The summed E-state index contributed by atoms with van der Waals surface area (Å²) < 4.78 is 1.40. The van der Waals surface area contributed by atoms with Crippen molar-refractivity contribution in [3.05, 3.63) is 125 Å². The molecular formula is C29H24N8O4S2. The van der Waals surface area contributed by atoms with Gasteiger partial charge in [-0.2, -0.15) is 0 Å². The highest BCUT2D eigenvalue weighted by Crippen LogP contribution is 2.21. The maximum absolute atomic E-state index is 13.0. The van der Waals surface area contributed by atoms with Crippen molar-refractivity contribution in [1.29, 1.82) is 0 Å². The molecule has 4 amide bonds. The highest BCUT2D eigenvalue weighted by molar-refractivity contribution is 7.99. The third kappa shape index (κ3) is 7.90. The maximum atomic E-state index is 13.0. The summed E-state index contributed by atoms with van der Waals surface area (Å²) in [7, 11) is 0. The smallest absolute Gasteiger partial charge is 0.270 e. The van der Waals surface area contributed by atoms with Gasteiger partial charge >= 0.3 is 0 Å². The zero-order valence-corrected chi connectivity index (χ0v) is 24.0. The summed E-state index contributed by atoms with van der Waals surface area (Å²) in [4.78, 5) is 54.6. The number of nitrogens with zero attached hydrogens (tertiary/aromatic N) is 4. The Kier molecular flexibility index (Phi) is 9.51. The van der Waals surface area contributed by atoms with Crippen LogP contribution < -0.4 is 21.6 Å². The lowest BCUT2D eigenvalue weighted by Crippen LogP contribution is -2.42. The van der Waals surface area contributed by atoms with Crippen molar-refractivity contribution in [2.75, 3.05) is 16.5 Å². The van der Waals surface area contributed by atoms with Crippen LogP contribution in [0, 0.1) is 0 Å². The number of carbonyl (C=O) groups is 4. The van der Waals surface area contributed by atoms with Crippen molar-refractivity contribution in [1.82, 2.24) is 30.7 Å². The van der Waals surface area contributed by atoms with E-state index in [1.807, 2.05) is 6.07 Å². The van der Waals surface area contributed by atoms with Gasteiger partial charge in [-0.05, 0) is 36.4 Å². The van der Waals surface area contributed by atoms with Gasteiger partial charge in [0.2, 0.25) is 11.1 Å². The summed E-state index contributed by atoms with van der Waals surface area (Å²) in [6, 6.07) is 25.9. The van der Waals surface area contributed by atoms with Crippen LogP contribution >= 0.6 is 23.1 Å². The molecule has 0 aliphatic carbocycles. The van der Waals surface area contributed by atoms with Gasteiger partial charge in [0.1, 0.15) is 0 Å². The van der Waals surface area contributed by atoms with Gasteiger partial charge < -0.3 is 0 Å². The summed E-state index contributed by atoms with van der Waals surface area (Å²) in [5, 5.41) is 13.6. The molecule has 0 fully saturated rings. The maximum Gasteiger partial charge on any atom is 0.270 e. The number of thioether (sulfide) groups is 1. The Morgan fingerprint density at radius 2 is 1.30 bits per heavy atom. The molecule has 0 bridgehead atoms. The fourth-order valence-electron chi connectivity index (χ4n) is 3.70. The second-order valence-corrected chi connectivity index (χ2v) is 10.6. The lowest BCUT2D eigenvalue weighted by Gasteiger charge is -2.11. The Bertz CT molecular complexity index is 1730. The first-order valence-electron chi connectivity index (χ1n) is 12.8. The Labute approximate surface area is 253 Å². The molecule has 0 aliphatic rings. The topological polar surface area (TPSA) is 160 Å². The number of aromatic nitrogens is 4. The van der Waals surface area contributed by atoms with Crippen LogP contribution in [0.5, 0.6) is 0 Å². The molecule has 216 valence electrons. The Morgan fingerprint density at radius 1 is 0.721 bits per heavy atom. The molecule has 0 unspecified atom stereocenters. The lowest BCUT2D eigenvalue weighted by molar-refractivity contribution is -0.119. The minimum Gasteiger partial charge on any atom is -0.298 e. The van der Waals surface area contributed by atoms with Crippen molar-refractivity contribution in [2.45, 2.75) is 11.6 Å². The molecule has 0 radical (unpaired) electrons. The van der Waals surface area contributed by atoms with E-state index < -0.39 is 17.7 Å². The number of anilines is 1. The summed E-state index contributed by atoms with van der Waals surface area (Å²) in [6.45, 7) is 0. The van der Waals surface area contributed by atoms with Gasteiger partial charge in [-0.1, -0.05) is 66.4 Å².